The molecule has 18 heavy (non-hydrogen) atoms. The Labute approximate surface area is 108 Å². The molecular weight excluding hydrogens is 224 g/mol. The zero-order valence-electron chi connectivity index (χ0n) is 10.7. The van der Waals surface area contributed by atoms with E-state index in [0.717, 1.165) is 25.7 Å². The molecule has 4 rings (SSSR count). The average Bonchev–Trinajstić information content (AvgIpc) is 2.36. The number of hydrogen-bond acceptors (Lipinski definition) is 2. The molecule has 0 aliphatic heterocycles. The molecule has 4 aliphatic carbocycles. The second kappa shape index (κ2) is 3.91. The monoisotopic (exact) mass is 244 g/mol. The van der Waals surface area contributed by atoms with Gasteiger partial charge in [-0.25, -0.2) is 0 Å². The van der Waals surface area contributed by atoms with Gasteiger partial charge >= 0.3 is 0 Å². The molecule has 2 nitrogen and oxygen atoms in total. The predicted molar refractivity (Wildman–Crippen MR) is 69.9 cm³/mol. The Morgan fingerprint density at radius 1 is 1.00 bits per heavy atom. The minimum atomic E-state index is -0.429. The van der Waals surface area contributed by atoms with Gasteiger partial charge in [-0.2, -0.15) is 0 Å². The van der Waals surface area contributed by atoms with Gasteiger partial charge in [-0.05, 0) is 62.0 Å². The summed E-state index contributed by atoms with van der Waals surface area (Å²) < 4.78 is 0. The molecule has 0 aromatic rings. The molecule has 3 atom stereocenters. The van der Waals surface area contributed by atoms with Crippen LogP contribution in [-0.4, -0.2) is 11.6 Å². The number of allylic oxidation sites excluding steroid dienone is 2. The van der Waals surface area contributed by atoms with E-state index in [-0.39, 0.29) is 17.5 Å². The fourth-order valence-electron chi connectivity index (χ4n) is 5.23. The van der Waals surface area contributed by atoms with Crippen LogP contribution < -0.4 is 0 Å². The minimum absolute atomic E-state index is 0.0778. The van der Waals surface area contributed by atoms with Crippen molar-refractivity contribution in [3.63, 3.8) is 0 Å². The molecule has 96 valence electrons. The van der Waals surface area contributed by atoms with Gasteiger partial charge in [0, 0.05) is 11.3 Å². The summed E-state index contributed by atoms with van der Waals surface area (Å²) in [6.45, 7) is 7.27. The van der Waals surface area contributed by atoms with E-state index in [4.69, 9.17) is 0 Å². The quantitative estimate of drug-likeness (QED) is 0.712. The maximum Gasteiger partial charge on any atom is 0.161 e. The largest absolute Gasteiger partial charge is 0.295 e. The van der Waals surface area contributed by atoms with Gasteiger partial charge in [0.25, 0.3) is 0 Å². The van der Waals surface area contributed by atoms with Crippen LogP contribution in [0.15, 0.2) is 25.3 Å². The summed E-state index contributed by atoms with van der Waals surface area (Å²) in [5.74, 6) is 1.77. The van der Waals surface area contributed by atoms with E-state index in [1.807, 2.05) is 0 Å². The molecule has 4 saturated carbocycles. The Bertz CT molecular complexity index is 420. The Hall–Kier alpha value is -1.18. The van der Waals surface area contributed by atoms with Crippen LogP contribution in [0.2, 0.25) is 0 Å². The lowest BCUT2D eigenvalue weighted by Crippen LogP contribution is -2.58. The van der Waals surface area contributed by atoms with Gasteiger partial charge < -0.3 is 0 Å². The van der Waals surface area contributed by atoms with Crippen molar-refractivity contribution in [3.8, 4) is 0 Å². The lowest BCUT2D eigenvalue weighted by Gasteiger charge is -2.59. The number of carbonyl (C=O) groups excluding carboxylic acids is 2. The van der Waals surface area contributed by atoms with Crippen molar-refractivity contribution in [2.24, 2.45) is 29.1 Å². The van der Waals surface area contributed by atoms with Gasteiger partial charge in [0.1, 0.15) is 0 Å². The van der Waals surface area contributed by atoms with Crippen LogP contribution in [0, 0.1) is 29.1 Å². The molecule has 2 heteroatoms. The van der Waals surface area contributed by atoms with E-state index in [0.29, 0.717) is 17.8 Å². The molecular formula is C16H20O2. The number of hydrogen-bond donors (Lipinski definition) is 0. The molecule has 0 saturated heterocycles. The summed E-state index contributed by atoms with van der Waals surface area (Å²) in [6.07, 6.45) is 8.18. The van der Waals surface area contributed by atoms with Crippen molar-refractivity contribution in [1.29, 1.82) is 0 Å². The van der Waals surface area contributed by atoms with Crippen LogP contribution in [0.1, 0.15) is 32.1 Å². The molecule has 0 spiro atoms. The van der Waals surface area contributed by atoms with Crippen molar-refractivity contribution in [2.75, 3.05) is 0 Å². The highest BCUT2D eigenvalue weighted by Crippen LogP contribution is 2.63. The zero-order valence-corrected chi connectivity index (χ0v) is 10.7. The van der Waals surface area contributed by atoms with Crippen LogP contribution in [0.4, 0.5) is 0 Å². The van der Waals surface area contributed by atoms with E-state index in [2.05, 4.69) is 13.2 Å². The minimum Gasteiger partial charge on any atom is -0.295 e. The highest BCUT2D eigenvalue weighted by Gasteiger charge is 2.61. The Morgan fingerprint density at radius 2 is 1.61 bits per heavy atom. The molecule has 0 heterocycles. The highest BCUT2D eigenvalue weighted by atomic mass is 16.1. The first kappa shape index (κ1) is 11.9. The third-order valence-electron chi connectivity index (χ3n) is 5.50. The maximum absolute atomic E-state index is 12.4. The van der Waals surface area contributed by atoms with E-state index in [1.165, 1.54) is 18.6 Å². The van der Waals surface area contributed by atoms with Gasteiger partial charge in [-0.1, -0.05) is 13.2 Å². The molecule has 4 fully saturated rings. The van der Waals surface area contributed by atoms with E-state index < -0.39 is 5.41 Å². The van der Waals surface area contributed by atoms with Crippen molar-refractivity contribution in [3.05, 3.63) is 25.3 Å². The molecule has 0 aromatic carbocycles. The van der Waals surface area contributed by atoms with E-state index in [1.54, 1.807) is 0 Å². The van der Waals surface area contributed by atoms with Crippen LogP contribution in [-0.2, 0) is 9.59 Å². The van der Waals surface area contributed by atoms with Crippen LogP contribution in [0.5, 0.6) is 0 Å². The number of rotatable bonds is 4. The fraction of sp³-hybridized carbons (Fsp3) is 0.625. The molecule has 0 amide bonds. The lowest BCUT2D eigenvalue weighted by molar-refractivity contribution is -0.160. The van der Waals surface area contributed by atoms with Gasteiger partial charge in [0.15, 0.2) is 11.6 Å². The van der Waals surface area contributed by atoms with Crippen molar-refractivity contribution >= 4 is 11.6 Å². The summed E-state index contributed by atoms with van der Waals surface area (Å²) in [6, 6.07) is 0. The summed E-state index contributed by atoms with van der Waals surface area (Å²) in [4.78, 5) is 24.6. The van der Waals surface area contributed by atoms with Gasteiger partial charge in [-0.3, -0.25) is 9.59 Å². The Morgan fingerprint density at radius 3 is 2.11 bits per heavy atom. The zero-order chi connectivity index (χ0) is 12.9. The standard InChI is InChI=1S/C16H20O2/c1-3-13(17)15-12-6-10-5-11(7-12)9-16(15,8-10)14(18)4-2/h3-4,10-12,15H,1-2,5-9H2. The summed E-state index contributed by atoms with van der Waals surface area (Å²) in [7, 11) is 0. The van der Waals surface area contributed by atoms with Crippen molar-refractivity contribution in [2.45, 2.75) is 32.1 Å². The number of ketones is 2. The van der Waals surface area contributed by atoms with Crippen molar-refractivity contribution < 1.29 is 9.59 Å². The molecule has 4 aliphatic rings. The molecule has 4 bridgehead atoms. The second-order valence-corrected chi connectivity index (χ2v) is 6.42. The van der Waals surface area contributed by atoms with Crippen LogP contribution in [0.25, 0.3) is 0 Å². The topological polar surface area (TPSA) is 34.1 Å². The lowest BCUT2D eigenvalue weighted by atomic mass is 9.43. The summed E-state index contributed by atoms with van der Waals surface area (Å²) >= 11 is 0. The van der Waals surface area contributed by atoms with E-state index >= 15 is 0 Å². The fourth-order valence-corrected chi connectivity index (χ4v) is 5.23. The first-order valence-corrected chi connectivity index (χ1v) is 6.94. The van der Waals surface area contributed by atoms with Crippen molar-refractivity contribution in [1.82, 2.24) is 0 Å². The highest BCUT2D eigenvalue weighted by molar-refractivity contribution is 6.02. The third kappa shape index (κ3) is 1.41. The number of carbonyl (C=O) groups is 2. The van der Waals surface area contributed by atoms with Gasteiger partial charge in [0.05, 0.1) is 0 Å². The molecule has 0 N–H and O–H groups in total. The Kier molecular flexibility index (Phi) is 2.58. The van der Waals surface area contributed by atoms with Crippen LogP contribution >= 0.6 is 0 Å². The SMILES string of the molecule is C=CC(=O)C1C2CC3CC(C2)CC1(C(=O)C=C)C3. The first-order chi connectivity index (χ1) is 8.60. The normalized spacial score (nSPS) is 44.7. The Balaban J connectivity index is 2.06. The molecule has 0 radical (unpaired) electrons. The average molecular weight is 244 g/mol. The third-order valence-corrected chi connectivity index (χ3v) is 5.50. The summed E-state index contributed by atoms with van der Waals surface area (Å²) in [5.41, 5.74) is -0.429. The molecule has 3 unspecified atom stereocenters. The van der Waals surface area contributed by atoms with Gasteiger partial charge in [0.2, 0.25) is 0 Å². The maximum atomic E-state index is 12.4. The predicted octanol–water partition coefficient (Wildman–Crippen LogP) is 2.94. The smallest absolute Gasteiger partial charge is 0.161 e. The second-order valence-electron chi connectivity index (χ2n) is 6.42. The van der Waals surface area contributed by atoms with E-state index in [9.17, 15) is 9.59 Å². The van der Waals surface area contributed by atoms with Gasteiger partial charge in [-0.15, -0.1) is 0 Å². The summed E-state index contributed by atoms with van der Waals surface area (Å²) in [5, 5.41) is 0. The first-order valence-electron chi connectivity index (χ1n) is 6.94. The molecule has 0 aromatic heterocycles. The van der Waals surface area contributed by atoms with Crippen LogP contribution in [0.3, 0.4) is 0 Å².